The van der Waals surface area contributed by atoms with Gasteiger partial charge in [0.15, 0.2) is 0 Å². The summed E-state index contributed by atoms with van der Waals surface area (Å²) >= 11 is 0. The number of amides is 1. The highest BCUT2D eigenvalue weighted by atomic mass is 16.6. The summed E-state index contributed by atoms with van der Waals surface area (Å²) in [5.74, 6) is -0.433. The van der Waals surface area contributed by atoms with Crippen molar-refractivity contribution in [1.82, 2.24) is 9.88 Å². The molecule has 1 amide bonds. The maximum atomic E-state index is 12.4. The number of piperazine rings is 1. The molecule has 1 saturated heterocycles. The number of anilines is 1. The van der Waals surface area contributed by atoms with Crippen molar-refractivity contribution in [3.63, 3.8) is 0 Å². The van der Waals surface area contributed by atoms with Gasteiger partial charge < -0.3 is 19.6 Å². The zero-order valence-corrected chi connectivity index (χ0v) is 17.1. The SMILES string of the molecule is CC(C)(C)OC(=O)N1CCN(c2c(C3CC3)ccc3cc(C(=O)O)cnc23)CC1. The number of fused-ring (bicyclic) bond motifs is 1. The van der Waals surface area contributed by atoms with Crippen LogP contribution in [0.4, 0.5) is 10.5 Å². The molecule has 1 aromatic heterocycles. The van der Waals surface area contributed by atoms with Gasteiger partial charge in [-0.1, -0.05) is 12.1 Å². The molecule has 1 saturated carbocycles. The summed E-state index contributed by atoms with van der Waals surface area (Å²) in [6.07, 6.45) is 3.50. The van der Waals surface area contributed by atoms with E-state index in [4.69, 9.17) is 4.74 Å². The number of hydrogen-bond donors (Lipinski definition) is 1. The molecule has 2 aromatic rings. The molecule has 1 aromatic carbocycles. The van der Waals surface area contributed by atoms with E-state index in [1.165, 1.54) is 24.6 Å². The lowest BCUT2D eigenvalue weighted by Crippen LogP contribution is -2.50. The molecule has 0 unspecified atom stereocenters. The highest BCUT2D eigenvalue weighted by Crippen LogP contribution is 2.46. The average molecular weight is 397 g/mol. The van der Waals surface area contributed by atoms with Gasteiger partial charge in [0, 0.05) is 37.8 Å². The van der Waals surface area contributed by atoms with Crippen molar-refractivity contribution in [1.29, 1.82) is 0 Å². The summed E-state index contributed by atoms with van der Waals surface area (Å²) in [6, 6.07) is 5.77. The van der Waals surface area contributed by atoms with Crippen LogP contribution >= 0.6 is 0 Å². The molecule has 0 atom stereocenters. The van der Waals surface area contributed by atoms with Crippen LogP contribution < -0.4 is 4.90 Å². The molecule has 7 nitrogen and oxygen atoms in total. The Hall–Kier alpha value is -2.83. The largest absolute Gasteiger partial charge is 0.478 e. The Balaban J connectivity index is 1.61. The lowest BCUT2D eigenvalue weighted by Gasteiger charge is -2.37. The molecular formula is C22H27N3O4. The van der Waals surface area contributed by atoms with Crippen molar-refractivity contribution in [3.8, 4) is 0 Å². The quantitative estimate of drug-likeness (QED) is 0.847. The summed E-state index contributed by atoms with van der Waals surface area (Å²) in [4.78, 5) is 32.2. The van der Waals surface area contributed by atoms with E-state index in [0.717, 1.165) is 16.6 Å². The molecule has 29 heavy (non-hydrogen) atoms. The molecule has 154 valence electrons. The van der Waals surface area contributed by atoms with Gasteiger partial charge in [0.1, 0.15) is 5.60 Å². The minimum absolute atomic E-state index is 0.192. The van der Waals surface area contributed by atoms with Crippen molar-refractivity contribution in [2.24, 2.45) is 0 Å². The molecule has 1 aliphatic heterocycles. The minimum atomic E-state index is -0.974. The Morgan fingerprint density at radius 3 is 2.41 bits per heavy atom. The van der Waals surface area contributed by atoms with Crippen LogP contribution in [0.3, 0.4) is 0 Å². The number of carbonyl (C=O) groups is 2. The second-order valence-electron chi connectivity index (χ2n) is 8.83. The fourth-order valence-corrected chi connectivity index (χ4v) is 3.81. The Bertz CT molecular complexity index is 954. The predicted octanol–water partition coefficient (Wildman–Crippen LogP) is 3.87. The first-order chi connectivity index (χ1) is 13.7. The fraction of sp³-hybridized carbons (Fsp3) is 0.500. The first kappa shape index (κ1) is 19.5. The van der Waals surface area contributed by atoms with Gasteiger partial charge in [-0.25, -0.2) is 9.59 Å². The Morgan fingerprint density at radius 2 is 1.83 bits per heavy atom. The zero-order valence-electron chi connectivity index (χ0n) is 17.1. The third kappa shape index (κ3) is 4.13. The smallest absolute Gasteiger partial charge is 0.410 e. The second-order valence-corrected chi connectivity index (χ2v) is 8.83. The highest BCUT2D eigenvalue weighted by Gasteiger charge is 2.32. The normalized spacial score (nSPS) is 17.5. The van der Waals surface area contributed by atoms with Gasteiger partial charge in [-0.3, -0.25) is 4.98 Å². The number of nitrogens with zero attached hydrogens (tertiary/aromatic N) is 3. The van der Waals surface area contributed by atoms with Crippen LogP contribution in [-0.4, -0.2) is 58.8 Å². The summed E-state index contributed by atoms with van der Waals surface area (Å²) in [6.45, 7) is 8.18. The molecule has 2 aliphatic rings. The van der Waals surface area contributed by atoms with Gasteiger partial charge in [-0.2, -0.15) is 0 Å². The zero-order chi connectivity index (χ0) is 20.8. The standard InChI is InChI=1S/C22H27N3O4/c1-22(2,3)29-21(28)25-10-8-24(9-11-25)19-17(14-4-5-14)7-6-15-12-16(20(26)27)13-23-18(15)19/h6-7,12-14H,4-5,8-11H2,1-3H3,(H,26,27). The van der Waals surface area contributed by atoms with Crippen molar-refractivity contribution < 1.29 is 19.4 Å². The van der Waals surface area contributed by atoms with Gasteiger partial charge in [0.2, 0.25) is 0 Å². The van der Waals surface area contributed by atoms with Crippen molar-refractivity contribution in [3.05, 3.63) is 35.5 Å². The van der Waals surface area contributed by atoms with Crippen LogP contribution in [0.25, 0.3) is 10.9 Å². The van der Waals surface area contributed by atoms with Crippen LogP contribution in [0, 0.1) is 0 Å². The molecule has 7 heteroatoms. The first-order valence-electron chi connectivity index (χ1n) is 10.1. The molecule has 0 spiro atoms. The molecule has 0 bridgehead atoms. The molecule has 0 radical (unpaired) electrons. The Kier molecular flexibility index (Phi) is 4.84. The number of carboxylic acids is 1. The fourth-order valence-electron chi connectivity index (χ4n) is 3.81. The summed E-state index contributed by atoms with van der Waals surface area (Å²) in [5, 5.41) is 10.1. The third-order valence-corrected chi connectivity index (χ3v) is 5.37. The van der Waals surface area contributed by atoms with Gasteiger partial charge >= 0.3 is 12.1 Å². The van der Waals surface area contributed by atoms with E-state index in [-0.39, 0.29) is 11.7 Å². The highest BCUT2D eigenvalue weighted by molar-refractivity contribution is 5.98. The van der Waals surface area contributed by atoms with Crippen LogP contribution in [0.15, 0.2) is 24.4 Å². The maximum Gasteiger partial charge on any atom is 0.410 e. The van der Waals surface area contributed by atoms with E-state index in [9.17, 15) is 14.7 Å². The van der Waals surface area contributed by atoms with Crippen molar-refractivity contribution >= 4 is 28.7 Å². The molecule has 2 fully saturated rings. The number of benzene rings is 1. The molecule has 1 aliphatic carbocycles. The lowest BCUT2D eigenvalue weighted by molar-refractivity contribution is 0.0240. The number of carboxylic acid groups (broad SMARTS) is 1. The summed E-state index contributed by atoms with van der Waals surface area (Å²) in [5.41, 5.74) is 2.89. The van der Waals surface area contributed by atoms with Crippen LogP contribution in [0.5, 0.6) is 0 Å². The number of hydrogen-bond acceptors (Lipinski definition) is 5. The van der Waals surface area contributed by atoms with Gasteiger partial charge in [0.05, 0.1) is 16.8 Å². The van der Waals surface area contributed by atoms with E-state index >= 15 is 0 Å². The summed E-state index contributed by atoms with van der Waals surface area (Å²) < 4.78 is 5.50. The van der Waals surface area contributed by atoms with E-state index in [2.05, 4.69) is 16.0 Å². The lowest BCUT2D eigenvalue weighted by atomic mass is 10.0. The Morgan fingerprint density at radius 1 is 1.14 bits per heavy atom. The van der Waals surface area contributed by atoms with Gasteiger partial charge in [0.25, 0.3) is 0 Å². The van der Waals surface area contributed by atoms with Gasteiger partial charge in [-0.05, 0) is 51.2 Å². The molecule has 1 N–H and O–H groups in total. The number of carbonyl (C=O) groups excluding carboxylic acids is 1. The van der Waals surface area contributed by atoms with Crippen molar-refractivity contribution in [2.45, 2.75) is 45.1 Å². The van der Waals surface area contributed by atoms with Crippen LogP contribution in [0.1, 0.15) is 55.5 Å². The monoisotopic (exact) mass is 397 g/mol. The number of ether oxygens (including phenoxy) is 1. The predicted molar refractivity (Wildman–Crippen MR) is 111 cm³/mol. The maximum absolute atomic E-state index is 12.4. The summed E-state index contributed by atoms with van der Waals surface area (Å²) in [7, 11) is 0. The first-order valence-corrected chi connectivity index (χ1v) is 10.1. The number of pyridine rings is 1. The second kappa shape index (κ2) is 7.21. The number of aromatic nitrogens is 1. The number of rotatable bonds is 3. The molecule has 2 heterocycles. The van der Waals surface area contributed by atoms with E-state index in [0.29, 0.717) is 32.1 Å². The van der Waals surface area contributed by atoms with Crippen molar-refractivity contribution in [2.75, 3.05) is 31.1 Å². The average Bonchev–Trinajstić information content (AvgIpc) is 3.50. The van der Waals surface area contributed by atoms with E-state index in [1.807, 2.05) is 26.8 Å². The van der Waals surface area contributed by atoms with E-state index in [1.54, 1.807) is 11.0 Å². The van der Waals surface area contributed by atoms with Crippen LogP contribution in [0.2, 0.25) is 0 Å². The number of aromatic carboxylic acids is 1. The van der Waals surface area contributed by atoms with E-state index < -0.39 is 11.6 Å². The Labute approximate surface area is 170 Å². The topological polar surface area (TPSA) is 83.0 Å². The molecular weight excluding hydrogens is 370 g/mol. The third-order valence-electron chi connectivity index (χ3n) is 5.37. The minimum Gasteiger partial charge on any atom is -0.478 e. The van der Waals surface area contributed by atoms with Crippen LogP contribution in [-0.2, 0) is 4.74 Å². The molecule has 4 rings (SSSR count). The van der Waals surface area contributed by atoms with Gasteiger partial charge in [-0.15, -0.1) is 0 Å².